The van der Waals surface area contributed by atoms with E-state index in [4.69, 9.17) is 21.9 Å². The number of benzene rings is 1. The third kappa shape index (κ3) is 1.87. The van der Waals surface area contributed by atoms with E-state index >= 15 is 0 Å². The number of nitrogens with two attached hydrogens (primary N) is 1. The Hall–Kier alpha value is -1.59. The summed E-state index contributed by atoms with van der Waals surface area (Å²) in [5.41, 5.74) is 6.56. The Labute approximate surface area is 96.8 Å². The van der Waals surface area contributed by atoms with Gasteiger partial charge in [-0.05, 0) is 24.6 Å². The molecular weight excluding hydrogens is 230 g/mol. The molecule has 0 unspecified atom stereocenters. The van der Waals surface area contributed by atoms with E-state index in [9.17, 15) is 5.11 Å². The third-order valence-corrected chi connectivity index (χ3v) is 2.57. The summed E-state index contributed by atoms with van der Waals surface area (Å²) in [4.78, 5) is 4.01. The highest BCUT2D eigenvalue weighted by Crippen LogP contribution is 2.32. The minimum absolute atomic E-state index is 0.0614. The maximum atomic E-state index is 9.74. The van der Waals surface area contributed by atoms with Crippen LogP contribution in [-0.2, 0) is 6.54 Å². The second-order valence-corrected chi connectivity index (χ2v) is 3.74. The third-order valence-electron chi connectivity index (χ3n) is 2.16. The van der Waals surface area contributed by atoms with Gasteiger partial charge in [0.1, 0.15) is 5.75 Å². The van der Waals surface area contributed by atoms with Gasteiger partial charge in [-0.2, -0.15) is 4.98 Å². The fourth-order valence-corrected chi connectivity index (χ4v) is 1.46. The van der Waals surface area contributed by atoms with Crippen LogP contribution < -0.4 is 5.73 Å². The van der Waals surface area contributed by atoms with Crippen molar-refractivity contribution in [2.45, 2.75) is 13.5 Å². The quantitative estimate of drug-likeness (QED) is 0.836. The van der Waals surface area contributed by atoms with Crippen molar-refractivity contribution in [3.05, 3.63) is 28.6 Å². The lowest BCUT2D eigenvalue weighted by atomic mass is 10.1. The van der Waals surface area contributed by atoms with Crippen molar-refractivity contribution in [1.29, 1.82) is 0 Å². The summed E-state index contributed by atoms with van der Waals surface area (Å²) in [5, 5.41) is 14.0. The summed E-state index contributed by atoms with van der Waals surface area (Å²) in [5.74, 6) is 0.650. The Morgan fingerprint density at radius 1 is 1.50 bits per heavy atom. The van der Waals surface area contributed by atoms with Crippen molar-refractivity contribution in [3.8, 4) is 17.1 Å². The van der Waals surface area contributed by atoms with Crippen molar-refractivity contribution >= 4 is 11.6 Å². The van der Waals surface area contributed by atoms with Crippen molar-refractivity contribution in [2.24, 2.45) is 5.73 Å². The minimum Gasteiger partial charge on any atom is -0.507 e. The van der Waals surface area contributed by atoms with E-state index in [1.54, 1.807) is 19.1 Å². The van der Waals surface area contributed by atoms with Crippen LogP contribution in [0.2, 0.25) is 5.02 Å². The molecule has 0 aliphatic heterocycles. The molecule has 0 radical (unpaired) electrons. The molecule has 0 saturated heterocycles. The molecule has 6 heteroatoms. The van der Waals surface area contributed by atoms with E-state index in [0.29, 0.717) is 16.5 Å². The Bertz CT molecular complexity index is 525. The first kappa shape index (κ1) is 10.9. The second-order valence-electron chi connectivity index (χ2n) is 3.33. The predicted octanol–water partition coefficient (Wildman–Crippen LogP) is 1.86. The molecule has 84 valence electrons. The molecule has 5 nitrogen and oxygen atoms in total. The Morgan fingerprint density at radius 3 is 2.88 bits per heavy atom. The molecule has 1 aromatic heterocycles. The van der Waals surface area contributed by atoms with Gasteiger partial charge in [0.25, 0.3) is 0 Å². The standard InChI is InChI=1S/C10H10ClN3O2/c1-5-2-8(15)6(3-7(5)11)10-13-9(4-12)16-14-10/h2-3,15H,4,12H2,1H3. The summed E-state index contributed by atoms with van der Waals surface area (Å²) < 4.78 is 4.85. The first-order valence-corrected chi connectivity index (χ1v) is 5.01. The van der Waals surface area contributed by atoms with Crippen molar-refractivity contribution < 1.29 is 9.63 Å². The van der Waals surface area contributed by atoms with Gasteiger partial charge in [-0.25, -0.2) is 0 Å². The average Bonchev–Trinajstić information content (AvgIpc) is 2.71. The van der Waals surface area contributed by atoms with Gasteiger partial charge in [0.05, 0.1) is 12.1 Å². The van der Waals surface area contributed by atoms with E-state index in [1.807, 2.05) is 0 Å². The number of hydrogen-bond donors (Lipinski definition) is 2. The van der Waals surface area contributed by atoms with Crippen LogP contribution in [0.15, 0.2) is 16.7 Å². The SMILES string of the molecule is Cc1cc(O)c(-c2noc(CN)n2)cc1Cl. The number of rotatable bonds is 2. The van der Waals surface area contributed by atoms with Gasteiger partial charge in [-0.3, -0.25) is 0 Å². The maximum absolute atomic E-state index is 9.74. The van der Waals surface area contributed by atoms with Crippen LogP contribution in [0.1, 0.15) is 11.5 Å². The van der Waals surface area contributed by atoms with Crippen molar-refractivity contribution in [2.75, 3.05) is 0 Å². The van der Waals surface area contributed by atoms with Crippen LogP contribution in [0.4, 0.5) is 0 Å². The summed E-state index contributed by atoms with van der Waals surface area (Å²) in [6.07, 6.45) is 0. The number of nitrogens with zero attached hydrogens (tertiary/aromatic N) is 2. The largest absolute Gasteiger partial charge is 0.507 e. The molecule has 0 atom stereocenters. The highest BCUT2D eigenvalue weighted by atomic mass is 35.5. The Morgan fingerprint density at radius 2 is 2.25 bits per heavy atom. The van der Waals surface area contributed by atoms with E-state index < -0.39 is 0 Å². The molecule has 0 bridgehead atoms. The zero-order valence-electron chi connectivity index (χ0n) is 8.57. The maximum Gasteiger partial charge on any atom is 0.240 e. The first-order valence-electron chi connectivity index (χ1n) is 4.64. The number of phenols is 1. The lowest BCUT2D eigenvalue weighted by Crippen LogP contribution is -1.95. The second kappa shape index (κ2) is 4.11. The smallest absolute Gasteiger partial charge is 0.240 e. The normalized spacial score (nSPS) is 10.7. The molecule has 0 aliphatic rings. The van der Waals surface area contributed by atoms with Crippen LogP contribution in [0, 0.1) is 6.92 Å². The fraction of sp³-hybridized carbons (Fsp3) is 0.200. The van der Waals surface area contributed by atoms with E-state index in [-0.39, 0.29) is 18.1 Å². The van der Waals surface area contributed by atoms with Crippen LogP contribution >= 0.6 is 11.6 Å². The van der Waals surface area contributed by atoms with E-state index in [1.165, 1.54) is 0 Å². The average molecular weight is 240 g/mol. The lowest BCUT2D eigenvalue weighted by molar-refractivity contribution is 0.380. The number of halogens is 1. The van der Waals surface area contributed by atoms with Gasteiger partial charge in [0.2, 0.25) is 11.7 Å². The molecule has 0 spiro atoms. The van der Waals surface area contributed by atoms with Crippen LogP contribution in [0.5, 0.6) is 5.75 Å². The molecule has 2 rings (SSSR count). The van der Waals surface area contributed by atoms with Gasteiger partial charge in [-0.15, -0.1) is 0 Å². The van der Waals surface area contributed by atoms with Crippen LogP contribution in [0.3, 0.4) is 0 Å². The molecule has 0 aliphatic carbocycles. The monoisotopic (exact) mass is 239 g/mol. The molecule has 2 aromatic rings. The molecular formula is C10H10ClN3O2. The van der Waals surface area contributed by atoms with Crippen molar-refractivity contribution in [3.63, 3.8) is 0 Å². The number of phenolic OH excluding ortho intramolecular Hbond substituents is 1. The minimum atomic E-state index is 0.0614. The summed E-state index contributed by atoms with van der Waals surface area (Å²) in [6.45, 7) is 1.96. The number of hydrogen-bond acceptors (Lipinski definition) is 5. The van der Waals surface area contributed by atoms with Gasteiger partial charge in [0.15, 0.2) is 0 Å². The predicted molar refractivity (Wildman–Crippen MR) is 59.0 cm³/mol. The molecule has 3 N–H and O–H groups in total. The Balaban J connectivity index is 2.51. The first-order chi connectivity index (χ1) is 7.61. The van der Waals surface area contributed by atoms with E-state index in [2.05, 4.69) is 10.1 Å². The lowest BCUT2D eigenvalue weighted by Gasteiger charge is -2.03. The molecule has 1 heterocycles. The topological polar surface area (TPSA) is 85.2 Å². The molecule has 0 fully saturated rings. The zero-order valence-corrected chi connectivity index (χ0v) is 9.32. The highest BCUT2D eigenvalue weighted by molar-refractivity contribution is 6.31. The van der Waals surface area contributed by atoms with Crippen molar-refractivity contribution in [1.82, 2.24) is 10.1 Å². The van der Waals surface area contributed by atoms with Gasteiger partial charge < -0.3 is 15.4 Å². The highest BCUT2D eigenvalue weighted by Gasteiger charge is 2.13. The Kier molecular flexibility index (Phi) is 2.80. The van der Waals surface area contributed by atoms with Crippen LogP contribution in [-0.4, -0.2) is 15.2 Å². The molecule has 16 heavy (non-hydrogen) atoms. The van der Waals surface area contributed by atoms with Gasteiger partial charge in [-0.1, -0.05) is 16.8 Å². The molecule has 1 aromatic carbocycles. The molecule has 0 saturated carbocycles. The zero-order chi connectivity index (χ0) is 11.7. The fourth-order valence-electron chi connectivity index (χ4n) is 1.29. The summed E-state index contributed by atoms with van der Waals surface area (Å²) in [6, 6.07) is 3.15. The molecule has 0 amide bonds. The number of aromatic hydroxyl groups is 1. The summed E-state index contributed by atoms with van der Waals surface area (Å²) >= 11 is 5.95. The van der Waals surface area contributed by atoms with Gasteiger partial charge >= 0.3 is 0 Å². The summed E-state index contributed by atoms with van der Waals surface area (Å²) in [7, 11) is 0. The number of aromatic nitrogens is 2. The number of aryl methyl sites for hydroxylation is 1. The van der Waals surface area contributed by atoms with Gasteiger partial charge in [0, 0.05) is 5.02 Å². The van der Waals surface area contributed by atoms with Crippen LogP contribution in [0.25, 0.3) is 11.4 Å². The van der Waals surface area contributed by atoms with E-state index in [0.717, 1.165) is 5.56 Å².